The summed E-state index contributed by atoms with van der Waals surface area (Å²) < 4.78 is 2.34. The van der Waals surface area contributed by atoms with Gasteiger partial charge in [0.25, 0.3) is 0 Å². The summed E-state index contributed by atoms with van der Waals surface area (Å²) in [6.07, 6.45) is 12.8. The predicted octanol–water partition coefficient (Wildman–Crippen LogP) is 11.3. The standard InChI is InChI=1S/C46H32N4/c1-5-13-43-37(9-1)38-10-2-6-14-44(38)49(43)35-23-17-31(18-24-35)41-27-21-33(29-47-41)34-22-28-42(48-30-34)32-19-25-36(26-20-32)50-45-15-7-3-11-39(45)40-12-4-8-16-46(40)50/h1-30,37,43H. The number of nitrogens with zero attached hydrogens (tertiary/aromatic N) is 4. The van der Waals surface area contributed by atoms with Gasteiger partial charge in [0.05, 0.1) is 28.5 Å². The summed E-state index contributed by atoms with van der Waals surface area (Å²) in [5.41, 5.74) is 13.6. The van der Waals surface area contributed by atoms with E-state index >= 15 is 0 Å². The molecular formula is C46H32N4. The van der Waals surface area contributed by atoms with Gasteiger partial charge in [0.1, 0.15) is 0 Å². The molecular weight excluding hydrogens is 609 g/mol. The molecule has 10 rings (SSSR count). The van der Waals surface area contributed by atoms with E-state index in [1.807, 2.05) is 12.4 Å². The van der Waals surface area contributed by atoms with Crippen molar-refractivity contribution in [3.8, 4) is 39.3 Å². The van der Waals surface area contributed by atoms with E-state index in [9.17, 15) is 0 Å². The van der Waals surface area contributed by atoms with E-state index < -0.39 is 0 Å². The molecule has 5 aromatic carbocycles. The molecule has 2 aliphatic rings. The second-order valence-electron chi connectivity index (χ2n) is 13.0. The number of hydrogen-bond acceptors (Lipinski definition) is 3. The number of benzene rings is 5. The van der Waals surface area contributed by atoms with Crippen molar-refractivity contribution < 1.29 is 0 Å². The molecule has 4 nitrogen and oxygen atoms in total. The van der Waals surface area contributed by atoms with E-state index in [-0.39, 0.29) is 0 Å². The smallest absolute Gasteiger partial charge is 0.0702 e. The van der Waals surface area contributed by atoms with E-state index in [4.69, 9.17) is 9.97 Å². The third-order valence-corrected chi connectivity index (χ3v) is 10.3. The van der Waals surface area contributed by atoms with E-state index in [1.165, 1.54) is 38.7 Å². The normalized spacial score (nSPS) is 16.2. The molecule has 236 valence electrons. The third-order valence-electron chi connectivity index (χ3n) is 10.3. The number of anilines is 2. The van der Waals surface area contributed by atoms with Gasteiger partial charge in [-0.3, -0.25) is 9.97 Å². The van der Waals surface area contributed by atoms with E-state index in [0.29, 0.717) is 12.0 Å². The fourth-order valence-electron chi connectivity index (χ4n) is 7.84. The fraction of sp³-hybridized carbons (Fsp3) is 0.0435. The molecule has 0 N–H and O–H groups in total. The highest BCUT2D eigenvalue weighted by Crippen LogP contribution is 2.47. The summed E-state index contributed by atoms with van der Waals surface area (Å²) >= 11 is 0. The first-order valence-corrected chi connectivity index (χ1v) is 17.2. The molecule has 4 heterocycles. The highest BCUT2D eigenvalue weighted by atomic mass is 15.2. The first-order valence-electron chi connectivity index (χ1n) is 17.2. The Morgan fingerprint density at radius 1 is 0.440 bits per heavy atom. The van der Waals surface area contributed by atoms with Crippen molar-refractivity contribution in [1.82, 2.24) is 14.5 Å². The first-order chi connectivity index (χ1) is 24.8. The van der Waals surface area contributed by atoms with Crippen LogP contribution in [-0.2, 0) is 0 Å². The van der Waals surface area contributed by atoms with Crippen molar-refractivity contribution in [2.45, 2.75) is 12.0 Å². The molecule has 50 heavy (non-hydrogen) atoms. The van der Waals surface area contributed by atoms with E-state index in [0.717, 1.165) is 39.3 Å². The number of hydrogen-bond donors (Lipinski definition) is 0. The molecule has 2 atom stereocenters. The van der Waals surface area contributed by atoms with Crippen LogP contribution in [-0.4, -0.2) is 20.6 Å². The highest BCUT2D eigenvalue weighted by Gasteiger charge is 2.36. The van der Waals surface area contributed by atoms with Crippen LogP contribution in [0.2, 0.25) is 0 Å². The van der Waals surface area contributed by atoms with Crippen LogP contribution in [0.1, 0.15) is 11.5 Å². The maximum Gasteiger partial charge on any atom is 0.0702 e. The van der Waals surface area contributed by atoms with Gasteiger partial charge in [-0.25, -0.2) is 0 Å². The zero-order valence-electron chi connectivity index (χ0n) is 27.3. The van der Waals surface area contributed by atoms with Crippen LogP contribution < -0.4 is 4.90 Å². The number of fused-ring (bicyclic) bond motifs is 6. The van der Waals surface area contributed by atoms with Gasteiger partial charge < -0.3 is 9.47 Å². The second-order valence-corrected chi connectivity index (χ2v) is 13.0. The first kappa shape index (κ1) is 28.5. The lowest BCUT2D eigenvalue weighted by atomic mass is 9.91. The Morgan fingerprint density at radius 2 is 0.960 bits per heavy atom. The van der Waals surface area contributed by atoms with Gasteiger partial charge in [-0.2, -0.15) is 0 Å². The molecule has 0 spiro atoms. The number of aromatic nitrogens is 3. The lowest BCUT2D eigenvalue weighted by molar-refractivity contribution is 0.745. The average Bonchev–Trinajstić information content (AvgIpc) is 3.71. The topological polar surface area (TPSA) is 34.0 Å². The van der Waals surface area contributed by atoms with Crippen molar-refractivity contribution in [1.29, 1.82) is 0 Å². The van der Waals surface area contributed by atoms with Crippen LogP contribution in [0.25, 0.3) is 61.1 Å². The molecule has 0 fully saturated rings. The van der Waals surface area contributed by atoms with Crippen molar-refractivity contribution >= 4 is 33.2 Å². The second kappa shape index (κ2) is 11.6. The predicted molar refractivity (Wildman–Crippen MR) is 206 cm³/mol. The van der Waals surface area contributed by atoms with Gasteiger partial charge in [0.15, 0.2) is 0 Å². The molecule has 8 aromatic rings. The minimum atomic E-state index is 0.297. The average molecular weight is 641 g/mol. The lowest BCUT2D eigenvalue weighted by Crippen LogP contribution is -2.28. The summed E-state index contributed by atoms with van der Waals surface area (Å²) in [5.74, 6) is 0.381. The van der Waals surface area contributed by atoms with E-state index in [1.54, 1.807) is 0 Å². The lowest BCUT2D eigenvalue weighted by Gasteiger charge is -2.28. The molecule has 0 bridgehead atoms. The Labute approximate surface area is 290 Å². The van der Waals surface area contributed by atoms with Gasteiger partial charge in [0, 0.05) is 68.4 Å². The molecule has 4 heteroatoms. The Bertz CT molecular complexity index is 2520. The summed E-state index contributed by atoms with van der Waals surface area (Å²) in [6.45, 7) is 0. The molecule has 0 radical (unpaired) electrons. The molecule has 3 aromatic heterocycles. The maximum atomic E-state index is 4.85. The quantitative estimate of drug-likeness (QED) is 0.188. The molecule has 2 unspecified atom stereocenters. The van der Waals surface area contributed by atoms with Crippen LogP contribution in [0, 0.1) is 0 Å². The zero-order chi connectivity index (χ0) is 33.0. The van der Waals surface area contributed by atoms with E-state index in [2.05, 4.69) is 179 Å². The van der Waals surface area contributed by atoms with Gasteiger partial charge in [-0.05, 0) is 60.2 Å². The zero-order valence-corrected chi connectivity index (χ0v) is 27.3. The number of para-hydroxylation sites is 3. The van der Waals surface area contributed by atoms with Crippen LogP contribution in [0.4, 0.5) is 11.4 Å². The van der Waals surface area contributed by atoms with Gasteiger partial charge in [0.2, 0.25) is 0 Å². The fourth-order valence-corrected chi connectivity index (χ4v) is 7.84. The number of allylic oxidation sites excluding steroid dienone is 2. The van der Waals surface area contributed by atoms with Crippen molar-refractivity contribution in [3.05, 3.63) is 188 Å². The van der Waals surface area contributed by atoms with Crippen molar-refractivity contribution in [2.24, 2.45) is 0 Å². The maximum absolute atomic E-state index is 4.85. The SMILES string of the molecule is C1=CC2c3ccccc3N(c3ccc(-c4ccc(-c5ccc(-c6ccc(-n7c8ccccc8c8ccccc87)cc6)nc5)cn4)cc3)C2C=C1. The molecule has 1 aliphatic carbocycles. The number of pyridine rings is 2. The largest absolute Gasteiger partial charge is 0.333 e. The van der Waals surface area contributed by atoms with Gasteiger partial charge in [-0.15, -0.1) is 0 Å². The van der Waals surface area contributed by atoms with Crippen LogP contribution >= 0.6 is 0 Å². The van der Waals surface area contributed by atoms with Crippen LogP contribution in [0.3, 0.4) is 0 Å². The highest BCUT2D eigenvalue weighted by molar-refractivity contribution is 6.09. The Hall–Kier alpha value is -6.52. The Balaban J connectivity index is 0.871. The molecule has 1 aliphatic heterocycles. The number of rotatable bonds is 5. The molecule has 0 saturated heterocycles. The monoisotopic (exact) mass is 640 g/mol. The van der Waals surface area contributed by atoms with Crippen LogP contribution in [0.5, 0.6) is 0 Å². The summed E-state index contributed by atoms with van der Waals surface area (Å²) in [6, 6.07) is 52.2. The van der Waals surface area contributed by atoms with Crippen molar-refractivity contribution in [2.75, 3.05) is 4.90 Å². The van der Waals surface area contributed by atoms with Gasteiger partial charge in [-0.1, -0.05) is 115 Å². The molecule has 0 saturated carbocycles. The summed E-state index contributed by atoms with van der Waals surface area (Å²) in [5, 5.41) is 2.53. The summed E-state index contributed by atoms with van der Waals surface area (Å²) in [4.78, 5) is 12.1. The van der Waals surface area contributed by atoms with Gasteiger partial charge >= 0.3 is 0 Å². The third kappa shape index (κ3) is 4.61. The summed E-state index contributed by atoms with van der Waals surface area (Å²) in [7, 11) is 0. The Kier molecular flexibility index (Phi) is 6.59. The van der Waals surface area contributed by atoms with Crippen LogP contribution in [0.15, 0.2) is 182 Å². The van der Waals surface area contributed by atoms with Crippen molar-refractivity contribution in [3.63, 3.8) is 0 Å². The minimum Gasteiger partial charge on any atom is -0.333 e. The molecule has 0 amide bonds. The Morgan fingerprint density at radius 3 is 1.56 bits per heavy atom. The minimum absolute atomic E-state index is 0.297.